The summed E-state index contributed by atoms with van der Waals surface area (Å²) in [5.41, 5.74) is 5.40. The zero-order valence-electron chi connectivity index (χ0n) is 12.3. The minimum absolute atomic E-state index is 0.122. The molecule has 0 spiro atoms. The van der Waals surface area contributed by atoms with Crippen LogP contribution in [0.3, 0.4) is 0 Å². The highest BCUT2D eigenvalue weighted by atomic mass is 16.5. The van der Waals surface area contributed by atoms with Crippen LogP contribution in [0, 0.1) is 0 Å². The Morgan fingerprint density at radius 2 is 2.11 bits per heavy atom. The molecule has 0 radical (unpaired) electrons. The molecule has 0 saturated heterocycles. The normalized spacial score (nSPS) is 14.8. The average Bonchev–Trinajstić information content (AvgIpc) is 2.82. The quantitative estimate of drug-likeness (QED) is 0.687. The van der Waals surface area contributed by atoms with Crippen molar-refractivity contribution in [2.45, 2.75) is 52.2 Å². The van der Waals surface area contributed by atoms with E-state index in [9.17, 15) is 0 Å². The summed E-state index contributed by atoms with van der Waals surface area (Å²) in [4.78, 5) is 4.29. The fraction of sp³-hybridized carbons (Fsp3) is 0.846. The lowest BCUT2D eigenvalue weighted by Gasteiger charge is -2.21. The van der Waals surface area contributed by atoms with E-state index in [2.05, 4.69) is 17.1 Å². The van der Waals surface area contributed by atoms with Gasteiger partial charge in [0.15, 0.2) is 5.82 Å². The topological polar surface area (TPSA) is 83.4 Å². The number of nitrogens with two attached hydrogens (primary N) is 1. The van der Waals surface area contributed by atoms with E-state index in [-0.39, 0.29) is 6.10 Å². The molecular formula is C13H25N3O3. The van der Waals surface area contributed by atoms with Gasteiger partial charge in [0.25, 0.3) is 0 Å². The highest BCUT2D eigenvalue weighted by Gasteiger charge is 2.28. The first kappa shape index (κ1) is 16.1. The van der Waals surface area contributed by atoms with Crippen molar-refractivity contribution < 1.29 is 14.0 Å². The molecule has 0 aliphatic rings. The van der Waals surface area contributed by atoms with Gasteiger partial charge in [0, 0.05) is 6.61 Å². The Hall–Kier alpha value is -0.980. The van der Waals surface area contributed by atoms with Gasteiger partial charge < -0.3 is 19.7 Å². The van der Waals surface area contributed by atoms with E-state index in [4.69, 9.17) is 19.7 Å². The van der Waals surface area contributed by atoms with Gasteiger partial charge in [0.2, 0.25) is 5.89 Å². The van der Waals surface area contributed by atoms with Crippen molar-refractivity contribution in [2.75, 3.05) is 19.8 Å². The fourth-order valence-corrected chi connectivity index (χ4v) is 1.40. The summed E-state index contributed by atoms with van der Waals surface area (Å²) in [6.45, 7) is 9.51. The number of ether oxygens (including phenoxy) is 2. The maximum absolute atomic E-state index is 6.13. The van der Waals surface area contributed by atoms with Crippen LogP contribution in [0.25, 0.3) is 0 Å². The molecule has 6 heteroatoms. The molecule has 0 aliphatic heterocycles. The molecule has 0 saturated carbocycles. The zero-order valence-corrected chi connectivity index (χ0v) is 12.3. The second-order valence-corrected chi connectivity index (χ2v) is 5.15. The smallest absolute Gasteiger partial charge is 0.229 e. The molecule has 0 aliphatic carbocycles. The van der Waals surface area contributed by atoms with E-state index < -0.39 is 5.54 Å². The molecule has 1 atom stereocenters. The zero-order chi connectivity index (χ0) is 14.3. The highest BCUT2D eigenvalue weighted by Crippen LogP contribution is 2.15. The summed E-state index contributed by atoms with van der Waals surface area (Å²) in [6, 6.07) is 0. The number of rotatable bonds is 9. The van der Waals surface area contributed by atoms with Crippen molar-refractivity contribution in [3.63, 3.8) is 0 Å². The molecule has 1 aromatic heterocycles. The van der Waals surface area contributed by atoms with Crippen LogP contribution in [0.15, 0.2) is 4.52 Å². The minimum Gasteiger partial charge on any atom is -0.381 e. The van der Waals surface area contributed by atoms with Crippen molar-refractivity contribution in [3.05, 3.63) is 11.7 Å². The van der Waals surface area contributed by atoms with E-state index in [1.54, 1.807) is 0 Å². The van der Waals surface area contributed by atoms with Crippen LogP contribution in [0.5, 0.6) is 0 Å². The Labute approximate surface area is 114 Å². The summed E-state index contributed by atoms with van der Waals surface area (Å²) in [6.07, 6.45) is 1.73. The first-order chi connectivity index (χ1) is 8.95. The molecular weight excluding hydrogens is 246 g/mol. The third-order valence-electron chi connectivity index (χ3n) is 2.50. The summed E-state index contributed by atoms with van der Waals surface area (Å²) in [7, 11) is 0. The van der Waals surface area contributed by atoms with Crippen molar-refractivity contribution in [3.8, 4) is 0 Å². The van der Waals surface area contributed by atoms with Crippen molar-refractivity contribution >= 4 is 0 Å². The van der Waals surface area contributed by atoms with Gasteiger partial charge in [0.1, 0.15) is 5.54 Å². The maximum Gasteiger partial charge on any atom is 0.229 e. The molecule has 1 unspecified atom stereocenters. The molecule has 0 fully saturated rings. The van der Waals surface area contributed by atoms with Gasteiger partial charge in [-0.05, 0) is 27.2 Å². The Morgan fingerprint density at radius 1 is 1.37 bits per heavy atom. The Bertz CT molecular complexity index is 364. The van der Waals surface area contributed by atoms with Crippen molar-refractivity contribution in [2.24, 2.45) is 5.73 Å². The van der Waals surface area contributed by atoms with Gasteiger partial charge >= 0.3 is 0 Å². The highest BCUT2D eigenvalue weighted by molar-refractivity contribution is 5.01. The molecule has 0 bridgehead atoms. The van der Waals surface area contributed by atoms with Crippen LogP contribution in [0.1, 0.15) is 45.8 Å². The van der Waals surface area contributed by atoms with Gasteiger partial charge in [-0.2, -0.15) is 4.98 Å². The molecule has 19 heavy (non-hydrogen) atoms. The Morgan fingerprint density at radius 3 is 2.74 bits per heavy atom. The van der Waals surface area contributed by atoms with Crippen LogP contribution in [-0.2, 0) is 21.4 Å². The van der Waals surface area contributed by atoms with Crippen molar-refractivity contribution in [1.82, 2.24) is 10.1 Å². The van der Waals surface area contributed by atoms with Crippen LogP contribution in [-0.4, -0.2) is 36.1 Å². The maximum atomic E-state index is 6.13. The van der Waals surface area contributed by atoms with Crippen LogP contribution < -0.4 is 5.73 Å². The Balaban J connectivity index is 2.48. The lowest BCUT2D eigenvalue weighted by atomic mass is 10.1. The molecule has 0 aromatic carbocycles. The second-order valence-electron chi connectivity index (χ2n) is 5.15. The van der Waals surface area contributed by atoms with Gasteiger partial charge in [-0.25, -0.2) is 0 Å². The summed E-state index contributed by atoms with van der Waals surface area (Å²) < 4.78 is 16.1. The number of nitrogens with zero attached hydrogens (tertiary/aromatic N) is 2. The van der Waals surface area contributed by atoms with E-state index >= 15 is 0 Å². The summed E-state index contributed by atoms with van der Waals surface area (Å²) in [5, 5.41) is 3.92. The van der Waals surface area contributed by atoms with Gasteiger partial charge in [0.05, 0.1) is 25.7 Å². The average molecular weight is 271 g/mol. The van der Waals surface area contributed by atoms with Crippen LogP contribution >= 0.6 is 0 Å². The number of aromatic nitrogens is 2. The van der Waals surface area contributed by atoms with E-state index in [0.29, 0.717) is 31.3 Å². The van der Waals surface area contributed by atoms with Crippen LogP contribution in [0.2, 0.25) is 0 Å². The SMILES string of the molecule is CCCOCCc1nc(C(C)(N)COC(C)C)no1. The molecule has 1 aromatic rings. The molecule has 1 heterocycles. The first-order valence-electron chi connectivity index (χ1n) is 6.77. The minimum atomic E-state index is -0.740. The van der Waals surface area contributed by atoms with Gasteiger partial charge in [-0.15, -0.1) is 0 Å². The molecule has 2 N–H and O–H groups in total. The van der Waals surface area contributed by atoms with Crippen LogP contribution in [0.4, 0.5) is 0 Å². The summed E-state index contributed by atoms with van der Waals surface area (Å²) in [5.74, 6) is 1.02. The fourth-order valence-electron chi connectivity index (χ4n) is 1.40. The Kier molecular flexibility index (Phi) is 6.41. The lowest BCUT2D eigenvalue weighted by molar-refractivity contribution is 0.0410. The number of hydrogen-bond donors (Lipinski definition) is 1. The van der Waals surface area contributed by atoms with Gasteiger partial charge in [-0.1, -0.05) is 12.1 Å². The van der Waals surface area contributed by atoms with Crippen molar-refractivity contribution in [1.29, 1.82) is 0 Å². The van der Waals surface area contributed by atoms with E-state index in [1.165, 1.54) is 0 Å². The molecule has 0 amide bonds. The molecule has 1 rings (SSSR count). The lowest BCUT2D eigenvalue weighted by Crippen LogP contribution is -2.40. The van der Waals surface area contributed by atoms with E-state index in [1.807, 2.05) is 20.8 Å². The monoisotopic (exact) mass is 271 g/mol. The van der Waals surface area contributed by atoms with Gasteiger partial charge in [-0.3, -0.25) is 0 Å². The molecule has 110 valence electrons. The molecule has 6 nitrogen and oxygen atoms in total. The largest absolute Gasteiger partial charge is 0.381 e. The van der Waals surface area contributed by atoms with E-state index in [0.717, 1.165) is 13.0 Å². The predicted molar refractivity (Wildman–Crippen MR) is 71.7 cm³/mol. The standard InChI is InChI=1S/C13H25N3O3/c1-5-7-17-8-6-11-15-12(16-19-11)13(4,14)9-18-10(2)3/h10H,5-9,14H2,1-4H3. The second kappa shape index (κ2) is 7.57. The predicted octanol–water partition coefficient (Wildman–Crippen LogP) is 1.64. The third-order valence-corrected chi connectivity index (χ3v) is 2.50. The third kappa shape index (κ3) is 5.67. The summed E-state index contributed by atoms with van der Waals surface area (Å²) >= 11 is 0. The number of hydrogen-bond acceptors (Lipinski definition) is 6. The first-order valence-corrected chi connectivity index (χ1v) is 6.77.